The minimum absolute atomic E-state index is 0.481. The van der Waals surface area contributed by atoms with Crippen LogP contribution < -0.4 is 10.2 Å². The first-order valence-corrected chi connectivity index (χ1v) is 10.1. The highest BCUT2D eigenvalue weighted by Gasteiger charge is 2.20. The van der Waals surface area contributed by atoms with Crippen LogP contribution in [-0.4, -0.2) is 59.6 Å². The molecule has 1 saturated heterocycles. The topological polar surface area (TPSA) is 57.2 Å². The normalized spacial score (nSPS) is 19.8. The summed E-state index contributed by atoms with van der Waals surface area (Å²) in [5.41, 5.74) is 0.851. The molecule has 7 heteroatoms. The number of likely N-dealkylation sites (N-methyl/N-ethyl adjacent to an activating group) is 1. The Morgan fingerprint density at radius 1 is 1.12 bits per heavy atom. The quantitative estimate of drug-likeness (QED) is 0.827. The summed E-state index contributed by atoms with van der Waals surface area (Å²) in [6.45, 7) is 4.93. The second-order valence-corrected chi connectivity index (χ2v) is 7.96. The van der Waals surface area contributed by atoms with E-state index in [4.69, 9.17) is 21.6 Å². The van der Waals surface area contributed by atoms with E-state index in [0.29, 0.717) is 5.15 Å². The van der Waals surface area contributed by atoms with Crippen LogP contribution in [0.4, 0.5) is 11.8 Å². The van der Waals surface area contributed by atoms with E-state index >= 15 is 0 Å². The number of fused-ring (bicyclic) bond motifs is 1. The number of piperazine rings is 1. The third-order valence-corrected chi connectivity index (χ3v) is 5.81. The summed E-state index contributed by atoms with van der Waals surface area (Å²) in [5.74, 6) is 2.41. The Labute approximate surface area is 160 Å². The molecule has 0 radical (unpaired) electrons. The maximum Gasteiger partial charge on any atom is 0.228 e. The van der Waals surface area contributed by atoms with E-state index in [2.05, 4.69) is 27.1 Å². The molecule has 0 spiro atoms. The molecule has 2 aliphatic rings. The van der Waals surface area contributed by atoms with Crippen LogP contribution in [-0.2, 0) is 0 Å². The molecule has 140 valence electrons. The van der Waals surface area contributed by atoms with Crippen LogP contribution in [0.3, 0.4) is 0 Å². The van der Waals surface area contributed by atoms with Gasteiger partial charge in [0.25, 0.3) is 0 Å². The Kier molecular flexibility index (Phi) is 5.41. The van der Waals surface area contributed by atoms with E-state index in [0.717, 1.165) is 61.3 Å². The molecule has 0 bridgehead atoms. The first kappa shape index (κ1) is 17.7. The summed E-state index contributed by atoms with van der Waals surface area (Å²) in [6.07, 6.45) is 8.44. The minimum atomic E-state index is 0.481. The van der Waals surface area contributed by atoms with Crippen molar-refractivity contribution in [1.82, 2.24) is 19.9 Å². The van der Waals surface area contributed by atoms with Crippen molar-refractivity contribution >= 4 is 34.3 Å². The van der Waals surface area contributed by atoms with Gasteiger partial charge in [0.1, 0.15) is 11.0 Å². The number of aromatic nitrogens is 3. The Morgan fingerprint density at radius 3 is 2.65 bits per heavy atom. The highest BCUT2D eigenvalue weighted by Crippen LogP contribution is 2.28. The highest BCUT2D eigenvalue weighted by molar-refractivity contribution is 6.30. The molecule has 1 N–H and O–H groups in total. The fourth-order valence-electron chi connectivity index (χ4n) is 3.91. The molecule has 6 nitrogen and oxygen atoms in total. The van der Waals surface area contributed by atoms with Crippen molar-refractivity contribution in [2.75, 3.05) is 50.0 Å². The number of nitrogens with one attached hydrogen (secondary N) is 1. The number of pyridine rings is 1. The second kappa shape index (κ2) is 7.92. The molecule has 1 aliphatic carbocycles. The predicted octanol–water partition coefficient (Wildman–Crippen LogP) is 3.42. The number of nitrogens with zero attached hydrogens (tertiary/aromatic N) is 5. The molecule has 26 heavy (non-hydrogen) atoms. The van der Waals surface area contributed by atoms with Crippen LogP contribution >= 0.6 is 11.6 Å². The van der Waals surface area contributed by atoms with Gasteiger partial charge in [-0.25, -0.2) is 9.97 Å². The lowest BCUT2D eigenvalue weighted by Gasteiger charge is -2.32. The van der Waals surface area contributed by atoms with Gasteiger partial charge in [-0.1, -0.05) is 30.9 Å². The monoisotopic (exact) mass is 374 g/mol. The molecular weight excluding hydrogens is 348 g/mol. The molecule has 4 rings (SSSR count). The van der Waals surface area contributed by atoms with Crippen LogP contribution in [0.15, 0.2) is 12.3 Å². The third kappa shape index (κ3) is 4.01. The van der Waals surface area contributed by atoms with Gasteiger partial charge in [-0.15, -0.1) is 0 Å². The molecule has 0 atom stereocenters. The molecule has 3 heterocycles. The van der Waals surface area contributed by atoms with Crippen LogP contribution in [0.1, 0.15) is 32.1 Å². The van der Waals surface area contributed by atoms with Gasteiger partial charge in [-0.3, -0.25) is 0 Å². The van der Waals surface area contributed by atoms with E-state index in [1.807, 2.05) is 6.07 Å². The van der Waals surface area contributed by atoms with Crippen LogP contribution in [0, 0.1) is 5.92 Å². The number of rotatable bonds is 4. The number of hydrogen-bond acceptors (Lipinski definition) is 6. The molecular formula is C19H27ClN6. The first-order valence-electron chi connectivity index (χ1n) is 9.70. The summed E-state index contributed by atoms with van der Waals surface area (Å²) in [5, 5.41) is 5.04. The summed E-state index contributed by atoms with van der Waals surface area (Å²) in [6, 6.07) is 1.87. The SMILES string of the molecule is CN1CCN(c2nc(NCC3CCCCC3)c3cc(Cl)ncc3n2)CC1. The molecule has 0 unspecified atom stereocenters. The fraction of sp³-hybridized carbons (Fsp3) is 0.632. The average molecular weight is 375 g/mol. The Bertz CT molecular complexity index is 753. The van der Waals surface area contributed by atoms with E-state index in [1.165, 1.54) is 32.1 Å². The zero-order chi connectivity index (χ0) is 17.9. The van der Waals surface area contributed by atoms with E-state index in [9.17, 15) is 0 Å². The standard InChI is InChI=1S/C19H27ClN6/c1-25-7-9-26(10-8-25)19-23-16-13-21-17(20)11-15(16)18(24-19)22-12-14-5-3-2-4-6-14/h11,13-14H,2-10,12H2,1H3,(H,22,23,24). The first-order chi connectivity index (χ1) is 12.7. The highest BCUT2D eigenvalue weighted by atomic mass is 35.5. The van der Waals surface area contributed by atoms with E-state index in [-0.39, 0.29) is 0 Å². The lowest BCUT2D eigenvalue weighted by Crippen LogP contribution is -2.45. The number of anilines is 2. The van der Waals surface area contributed by atoms with Gasteiger partial charge in [-0.2, -0.15) is 4.98 Å². The third-order valence-electron chi connectivity index (χ3n) is 5.61. The molecule has 1 aliphatic heterocycles. The van der Waals surface area contributed by atoms with Gasteiger partial charge in [0, 0.05) is 38.1 Å². The Balaban J connectivity index is 1.60. The van der Waals surface area contributed by atoms with Gasteiger partial charge in [-0.05, 0) is 31.9 Å². The summed E-state index contributed by atoms with van der Waals surface area (Å²) in [7, 11) is 2.15. The van der Waals surface area contributed by atoms with Gasteiger partial charge < -0.3 is 15.1 Å². The minimum Gasteiger partial charge on any atom is -0.369 e. The number of hydrogen-bond donors (Lipinski definition) is 1. The second-order valence-electron chi connectivity index (χ2n) is 7.57. The predicted molar refractivity (Wildman–Crippen MR) is 107 cm³/mol. The van der Waals surface area contributed by atoms with Gasteiger partial charge in [0.05, 0.1) is 11.7 Å². The zero-order valence-corrected chi connectivity index (χ0v) is 16.2. The van der Waals surface area contributed by atoms with Crippen LogP contribution in [0.25, 0.3) is 10.9 Å². The van der Waals surface area contributed by atoms with Gasteiger partial charge in [0.2, 0.25) is 5.95 Å². The lowest BCUT2D eigenvalue weighted by molar-refractivity contribution is 0.311. The summed E-state index contributed by atoms with van der Waals surface area (Å²) >= 11 is 6.13. The lowest BCUT2D eigenvalue weighted by atomic mass is 9.89. The largest absolute Gasteiger partial charge is 0.369 e. The summed E-state index contributed by atoms with van der Waals surface area (Å²) in [4.78, 5) is 18.4. The Hall–Kier alpha value is -1.66. The zero-order valence-electron chi connectivity index (χ0n) is 15.4. The molecule has 0 aromatic carbocycles. The van der Waals surface area contributed by atoms with Gasteiger partial charge >= 0.3 is 0 Å². The molecule has 0 amide bonds. The molecule has 2 fully saturated rings. The van der Waals surface area contributed by atoms with Crippen molar-refractivity contribution < 1.29 is 0 Å². The van der Waals surface area contributed by atoms with Crippen molar-refractivity contribution in [2.45, 2.75) is 32.1 Å². The summed E-state index contributed by atoms with van der Waals surface area (Å²) < 4.78 is 0. The van der Waals surface area contributed by atoms with Crippen LogP contribution in [0.5, 0.6) is 0 Å². The number of halogens is 1. The van der Waals surface area contributed by atoms with E-state index in [1.54, 1.807) is 6.20 Å². The fourth-order valence-corrected chi connectivity index (χ4v) is 4.07. The average Bonchev–Trinajstić information content (AvgIpc) is 2.67. The smallest absolute Gasteiger partial charge is 0.228 e. The molecule has 2 aromatic heterocycles. The van der Waals surface area contributed by atoms with E-state index < -0.39 is 0 Å². The van der Waals surface area contributed by atoms with Crippen molar-refractivity contribution in [3.05, 3.63) is 17.4 Å². The maximum absolute atomic E-state index is 6.13. The van der Waals surface area contributed by atoms with Crippen molar-refractivity contribution in [1.29, 1.82) is 0 Å². The van der Waals surface area contributed by atoms with Crippen molar-refractivity contribution in [3.63, 3.8) is 0 Å². The van der Waals surface area contributed by atoms with Crippen LogP contribution in [0.2, 0.25) is 5.15 Å². The molecule has 1 saturated carbocycles. The van der Waals surface area contributed by atoms with Crippen molar-refractivity contribution in [3.8, 4) is 0 Å². The van der Waals surface area contributed by atoms with Gasteiger partial charge in [0.15, 0.2) is 0 Å². The van der Waals surface area contributed by atoms with Crippen molar-refractivity contribution in [2.24, 2.45) is 5.92 Å². The maximum atomic E-state index is 6.13. The molecule has 2 aromatic rings. The Morgan fingerprint density at radius 2 is 1.88 bits per heavy atom.